The molecule has 0 aliphatic carbocycles. The second kappa shape index (κ2) is 3.68. The maximum Gasteiger partial charge on any atom is 0.162 e. The van der Waals surface area contributed by atoms with Crippen LogP contribution in [-0.4, -0.2) is 32.1 Å². The monoisotopic (exact) mass is 259 g/mol. The molecular formula is C12H9N3O2S. The first-order valence-electron chi connectivity index (χ1n) is 5.30. The average Bonchev–Trinajstić information content (AvgIpc) is 2.68. The van der Waals surface area contributed by atoms with Gasteiger partial charge in [-0.25, -0.2) is 0 Å². The third-order valence-corrected chi connectivity index (χ3v) is 4.06. The van der Waals surface area contributed by atoms with E-state index in [1.807, 2.05) is 6.08 Å². The quantitative estimate of drug-likeness (QED) is 0.565. The number of phenolic OH excluding ortho intramolecular Hbond substituents is 2. The van der Waals surface area contributed by atoms with E-state index in [1.165, 1.54) is 23.9 Å². The molecule has 0 bridgehead atoms. The molecule has 3 rings (SSSR count). The molecule has 1 aromatic carbocycles. The SMILES string of the molecule is N#CC1SC(=N)N2CC=c3cc(O)c(O)cc3=C12. The van der Waals surface area contributed by atoms with E-state index in [4.69, 9.17) is 10.7 Å². The normalized spacial score (nSPS) is 21.1. The van der Waals surface area contributed by atoms with Crippen LogP contribution < -0.4 is 10.4 Å². The summed E-state index contributed by atoms with van der Waals surface area (Å²) in [5, 5.41) is 37.4. The lowest BCUT2D eigenvalue weighted by Gasteiger charge is -2.21. The Labute approximate surface area is 107 Å². The van der Waals surface area contributed by atoms with E-state index in [0.717, 1.165) is 10.9 Å². The highest BCUT2D eigenvalue weighted by molar-refractivity contribution is 8.15. The predicted molar refractivity (Wildman–Crippen MR) is 68.3 cm³/mol. The summed E-state index contributed by atoms with van der Waals surface area (Å²) in [5.74, 6) is -0.384. The lowest BCUT2D eigenvalue weighted by molar-refractivity contribution is 0.402. The first-order valence-corrected chi connectivity index (χ1v) is 6.18. The number of hydrogen-bond donors (Lipinski definition) is 3. The summed E-state index contributed by atoms with van der Waals surface area (Å²) in [6, 6.07) is 5.09. The van der Waals surface area contributed by atoms with Crippen LogP contribution in [0.25, 0.3) is 11.8 Å². The van der Waals surface area contributed by atoms with Crippen LogP contribution in [0.3, 0.4) is 0 Å². The van der Waals surface area contributed by atoms with Crippen molar-refractivity contribution in [3.63, 3.8) is 0 Å². The summed E-state index contributed by atoms with van der Waals surface area (Å²) in [7, 11) is 0. The molecule has 1 fully saturated rings. The van der Waals surface area contributed by atoms with E-state index >= 15 is 0 Å². The lowest BCUT2D eigenvalue weighted by atomic mass is 10.1. The maximum absolute atomic E-state index is 9.58. The standard InChI is InChI=1S/C12H9N3O2S/c13-5-10-11-7-4-9(17)8(16)3-6(7)1-2-15(11)12(14)18-10/h1,3-4,10,14,16-17H,2H2. The van der Waals surface area contributed by atoms with Crippen molar-refractivity contribution in [1.82, 2.24) is 4.90 Å². The highest BCUT2D eigenvalue weighted by Gasteiger charge is 2.35. The molecule has 90 valence electrons. The molecule has 1 aromatic rings. The van der Waals surface area contributed by atoms with E-state index in [2.05, 4.69) is 6.07 Å². The fourth-order valence-electron chi connectivity index (χ4n) is 2.21. The van der Waals surface area contributed by atoms with Crippen molar-refractivity contribution in [3.05, 3.63) is 22.6 Å². The molecule has 6 heteroatoms. The Kier molecular flexibility index (Phi) is 2.25. The number of nitrogens with one attached hydrogen (secondary N) is 1. The van der Waals surface area contributed by atoms with Gasteiger partial charge in [-0.05, 0) is 17.4 Å². The molecule has 2 aliphatic heterocycles. The Morgan fingerprint density at radius 3 is 2.83 bits per heavy atom. The first-order chi connectivity index (χ1) is 8.61. The fourth-order valence-corrected chi connectivity index (χ4v) is 3.15. The Morgan fingerprint density at radius 2 is 2.11 bits per heavy atom. The number of hydrogen-bond acceptors (Lipinski definition) is 5. The van der Waals surface area contributed by atoms with Crippen LogP contribution in [0.4, 0.5) is 0 Å². The molecule has 18 heavy (non-hydrogen) atoms. The highest BCUT2D eigenvalue weighted by Crippen LogP contribution is 2.34. The van der Waals surface area contributed by atoms with Crippen LogP contribution in [0.5, 0.6) is 11.5 Å². The minimum Gasteiger partial charge on any atom is -0.504 e. The summed E-state index contributed by atoms with van der Waals surface area (Å²) in [5.41, 5.74) is 0.723. The van der Waals surface area contributed by atoms with Crippen LogP contribution >= 0.6 is 11.8 Å². The summed E-state index contributed by atoms with van der Waals surface area (Å²) in [4.78, 5) is 1.75. The van der Waals surface area contributed by atoms with Crippen molar-refractivity contribution in [2.75, 3.05) is 6.54 Å². The smallest absolute Gasteiger partial charge is 0.162 e. The Morgan fingerprint density at radius 1 is 1.39 bits per heavy atom. The van der Waals surface area contributed by atoms with Gasteiger partial charge in [-0.2, -0.15) is 5.26 Å². The van der Waals surface area contributed by atoms with Gasteiger partial charge in [0, 0.05) is 11.8 Å². The number of benzene rings is 1. The summed E-state index contributed by atoms with van der Waals surface area (Å²) in [6.07, 6.45) is 1.87. The van der Waals surface area contributed by atoms with Gasteiger partial charge in [0.25, 0.3) is 0 Å². The predicted octanol–water partition coefficient (Wildman–Crippen LogP) is -0.124. The third kappa shape index (κ3) is 1.38. The van der Waals surface area contributed by atoms with Crippen molar-refractivity contribution in [3.8, 4) is 17.6 Å². The molecule has 1 saturated heterocycles. The number of rotatable bonds is 0. The van der Waals surface area contributed by atoms with Crippen LogP contribution in [0.2, 0.25) is 0 Å². The fraction of sp³-hybridized carbons (Fsp3) is 0.167. The van der Waals surface area contributed by atoms with Gasteiger partial charge in [0.15, 0.2) is 16.7 Å². The van der Waals surface area contributed by atoms with E-state index in [9.17, 15) is 10.2 Å². The molecule has 3 N–H and O–H groups in total. The molecule has 2 heterocycles. The van der Waals surface area contributed by atoms with Crippen LogP contribution in [0.15, 0.2) is 12.1 Å². The molecule has 1 unspecified atom stereocenters. The van der Waals surface area contributed by atoms with Gasteiger partial charge in [0.05, 0.1) is 11.8 Å². The van der Waals surface area contributed by atoms with E-state index in [0.29, 0.717) is 16.9 Å². The van der Waals surface area contributed by atoms with Gasteiger partial charge in [-0.3, -0.25) is 5.41 Å². The number of aromatic hydroxyl groups is 2. The molecule has 0 radical (unpaired) electrons. The molecule has 0 aromatic heterocycles. The molecule has 0 spiro atoms. The minimum atomic E-state index is -0.436. The highest BCUT2D eigenvalue weighted by atomic mass is 32.2. The van der Waals surface area contributed by atoms with E-state index in [-0.39, 0.29) is 11.5 Å². The van der Waals surface area contributed by atoms with Crippen molar-refractivity contribution < 1.29 is 10.2 Å². The van der Waals surface area contributed by atoms with Crippen molar-refractivity contribution in [2.24, 2.45) is 0 Å². The molecule has 5 nitrogen and oxygen atoms in total. The van der Waals surface area contributed by atoms with Crippen molar-refractivity contribution in [1.29, 1.82) is 10.7 Å². The van der Waals surface area contributed by atoms with Crippen molar-refractivity contribution >= 4 is 28.7 Å². The zero-order chi connectivity index (χ0) is 12.9. The Hall–Kier alpha value is -2.13. The first kappa shape index (κ1) is 11.0. The van der Waals surface area contributed by atoms with E-state index < -0.39 is 5.25 Å². The number of fused-ring (bicyclic) bond motifs is 2. The van der Waals surface area contributed by atoms with Gasteiger partial charge in [-0.1, -0.05) is 17.8 Å². The zero-order valence-corrected chi connectivity index (χ0v) is 10.0. The van der Waals surface area contributed by atoms with Gasteiger partial charge in [0.1, 0.15) is 5.25 Å². The van der Waals surface area contributed by atoms with Gasteiger partial charge < -0.3 is 15.1 Å². The second-order valence-electron chi connectivity index (χ2n) is 4.06. The summed E-state index contributed by atoms with van der Waals surface area (Å²) < 4.78 is 0. The van der Waals surface area contributed by atoms with Gasteiger partial charge in [-0.15, -0.1) is 0 Å². The topological polar surface area (TPSA) is 91.3 Å². The second-order valence-corrected chi connectivity index (χ2v) is 5.15. The lowest BCUT2D eigenvalue weighted by Crippen LogP contribution is -2.40. The number of thioether (sulfide) groups is 1. The largest absolute Gasteiger partial charge is 0.504 e. The summed E-state index contributed by atoms with van der Waals surface area (Å²) >= 11 is 1.19. The number of nitrogens with zero attached hydrogens (tertiary/aromatic N) is 2. The van der Waals surface area contributed by atoms with Gasteiger partial charge in [0.2, 0.25) is 0 Å². The minimum absolute atomic E-state index is 0.173. The molecule has 0 saturated carbocycles. The number of phenols is 2. The van der Waals surface area contributed by atoms with Crippen molar-refractivity contribution in [2.45, 2.75) is 5.25 Å². The van der Waals surface area contributed by atoms with Gasteiger partial charge >= 0.3 is 0 Å². The van der Waals surface area contributed by atoms with Crippen LogP contribution in [0.1, 0.15) is 0 Å². The molecule has 0 amide bonds. The Bertz CT molecular complexity index is 720. The number of nitriles is 1. The summed E-state index contributed by atoms with van der Waals surface area (Å²) in [6.45, 7) is 0.510. The third-order valence-electron chi connectivity index (χ3n) is 3.05. The van der Waals surface area contributed by atoms with Crippen LogP contribution in [-0.2, 0) is 0 Å². The number of amidine groups is 1. The molecule has 2 aliphatic rings. The van der Waals surface area contributed by atoms with Crippen LogP contribution in [0, 0.1) is 16.7 Å². The zero-order valence-electron chi connectivity index (χ0n) is 9.21. The molecule has 1 atom stereocenters. The average molecular weight is 259 g/mol. The maximum atomic E-state index is 9.58. The molecular weight excluding hydrogens is 250 g/mol. The Balaban J connectivity index is 2.40. The van der Waals surface area contributed by atoms with E-state index in [1.54, 1.807) is 4.90 Å².